The summed E-state index contributed by atoms with van der Waals surface area (Å²) in [5.74, 6) is 2.43. The summed E-state index contributed by atoms with van der Waals surface area (Å²) in [6, 6.07) is 14.4. The fraction of sp³-hybridized carbons (Fsp3) is 0.588. The molecule has 234 valence electrons. The van der Waals surface area contributed by atoms with Crippen LogP contribution in [0.15, 0.2) is 48.5 Å². The minimum Gasteiger partial charge on any atom is -0.497 e. The van der Waals surface area contributed by atoms with Gasteiger partial charge in [0.1, 0.15) is 18.3 Å². The number of hydrogen-bond donors (Lipinski definition) is 1. The fourth-order valence-corrected chi connectivity index (χ4v) is 8.96. The Morgan fingerprint density at radius 2 is 1.56 bits per heavy atom. The summed E-state index contributed by atoms with van der Waals surface area (Å²) in [5.41, 5.74) is 2.78. The van der Waals surface area contributed by atoms with Crippen LogP contribution in [-0.4, -0.2) is 57.6 Å². The van der Waals surface area contributed by atoms with Gasteiger partial charge in [-0.25, -0.2) is 8.42 Å². The Kier molecular flexibility index (Phi) is 9.40. The lowest BCUT2D eigenvalue weighted by molar-refractivity contribution is -0.139. The van der Waals surface area contributed by atoms with E-state index in [9.17, 15) is 18.0 Å². The Morgan fingerprint density at radius 3 is 2.07 bits per heavy atom. The highest BCUT2D eigenvalue weighted by Gasteiger charge is 2.51. The maximum absolute atomic E-state index is 13.9. The Hall–Kier alpha value is -3.07. The van der Waals surface area contributed by atoms with Gasteiger partial charge < -0.3 is 15.0 Å². The number of rotatable bonds is 13. The van der Waals surface area contributed by atoms with Gasteiger partial charge in [-0.3, -0.25) is 13.9 Å². The number of carbonyl (C=O) groups excluding carboxylic acids is 2. The molecule has 4 aliphatic rings. The second kappa shape index (κ2) is 12.9. The molecule has 1 N–H and O–H groups in total. The normalized spacial score (nSPS) is 24.8. The van der Waals surface area contributed by atoms with E-state index in [1.807, 2.05) is 31.2 Å². The molecular formula is C34H47N3O5S. The van der Waals surface area contributed by atoms with Crippen LogP contribution in [0.5, 0.6) is 5.75 Å². The smallest absolute Gasteiger partial charge is 0.244 e. The van der Waals surface area contributed by atoms with Crippen molar-refractivity contribution in [3.05, 3.63) is 59.7 Å². The molecule has 0 spiro atoms. The van der Waals surface area contributed by atoms with Crippen molar-refractivity contribution in [3.63, 3.8) is 0 Å². The summed E-state index contributed by atoms with van der Waals surface area (Å²) in [4.78, 5) is 28.4. The van der Waals surface area contributed by atoms with Crippen LogP contribution >= 0.6 is 0 Å². The number of ether oxygens (including phenoxy) is 1. The summed E-state index contributed by atoms with van der Waals surface area (Å²) in [6.45, 7) is 4.03. The molecule has 4 bridgehead atoms. The summed E-state index contributed by atoms with van der Waals surface area (Å²) in [5, 5.41) is 2.91. The number of anilines is 1. The Bertz CT molecular complexity index is 1350. The molecule has 2 aromatic rings. The average Bonchev–Trinajstić information content (AvgIpc) is 2.97. The number of unbranched alkanes of at least 4 members (excludes halogenated alkanes) is 1. The van der Waals surface area contributed by atoms with Gasteiger partial charge in [0.2, 0.25) is 21.8 Å². The summed E-state index contributed by atoms with van der Waals surface area (Å²) in [6.07, 6.45) is 10.7. The third kappa shape index (κ3) is 7.03. The van der Waals surface area contributed by atoms with Gasteiger partial charge in [0.15, 0.2) is 0 Å². The Balaban J connectivity index is 1.36. The van der Waals surface area contributed by atoms with Crippen LogP contribution < -0.4 is 14.4 Å². The molecule has 2 aromatic carbocycles. The number of carbonyl (C=O) groups is 2. The van der Waals surface area contributed by atoms with Gasteiger partial charge in [-0.15, -0.1) is 0 Å². The highest BCUT2D eigenvalue weighted by Crippen LogP contribution is 2.60. The van der Waals surface area contributed by atoms with Crippen LogP contribution in [0.1, 0.15) is 76.3 Å². The number of hydrogen-bond acceptors (Lipinski definition) is 5. The molecule has 0 unspecified atom stereocenters. The molecule has 6 rings (SSSR count). The minimum atomic E-state index is -3.78. The molecule has 0 heterocycles. The number of sulfonamides is 1. The molecule has 1 atom stereocenters. The minimum absolute atomic E-state index is 0.160. The van der Waals surface area contributed by atoms with Crippen molar-refractivity contribution in [2.24, 2.45) is 17.8 Å². The van der Waals surface area contributed by atoms with Gasteiger partial charge in [0.05, 0.1) is 19.1 Å². The predicted molar refractivity (Wildman–Crippen MR) is 169 cm³/mol. The van der Waals surface area contributed by atoms with E-state index in [4.69, 9.17) is 4.74 Å². The molecule has 0 aliphatic heterocycles. The quantitative estimate of drug-likeness (QED) is 0.313. The van der Waals surface area contributed by atoms with E-state index in [1.165, 1.54) is 53.3 Å². The van der Waals surface area contributed by atoms with Gasteiger partial charge in [-0.1, -0.05) is 37.6 Å². The average molecular weight is 610 g/mol. The van der Waals surface area contributed by atoms with Gasteiger partial charge in [0, 0.05) is 13.1 Å². The molecule has 9 heteroatoms. The van der Waals surface area contributed by atoms with Crippen molar-refractivity contribution in [3.8, 4) is 5.75 Å². The number of nitrogens with one attached hydrogen (secondary N) is 1. The number of amides is 2. The summed E-state index contributed by atoms with van der Waals surface area (Å²) in [7, 11) is -2.19. The topological polar surface area (TPSA) is 96.0 Å². The monoisotopic (exact) mass is 609 g/mol. The van der Waals surface area contributed by atoms with E-state index in [0.29, 0.717) is 18.0 Å². The standard InChI is InChI=1S/C34H47N3O5S/c1-5-6-15-35-33(39)24(2)36(22-25-7-13-31(42-3)14-8-25)32(38)23-37(43(4,40)41)30-11-9-29(10-12-30)34-19-26-16-27(20-34)18-28(17-26)21-34/h7-14,24,26-28H,5-6,15-23H2,1-4H3,(H,35,39)/t24-,26?,27?,28?,34?/m0/s1. The lowest BCUT2D eigenvalue weighted by atomic mass is 9.48. The maximum Gasteiger partial charge on any atom is 0.244 e. The zero-order valence-electron chi connectivity index (χ0n) is 26.1. The highest BCUT2D eigenvalue weighted by atomic mass is 32.2. The van der Waals surface area contributed by atoms with Crippen LogP contribution in [-0.2, 0) is 31.6 Å². The van der Waals surface area contributed by atoms with Crippen molar-refractivity contribution in [2.45, 2.75) is 83.2 Å². The SMILES string of the molecule is CCCCNC(=O)[C@H](C)N(Cc1ccc(OC)cc1)C(=O)CN(c1ccc(C23CC4CC(CC(C4)C2)C3)cc1)S(C)(=O)=O. The van der Waals surface area contributed by atoms with E-state index in [0.717, 1.165) is 42.4 Å². The molecule has 8 nitrogen and oxygen atoms in total. The van der Waals surface area contributed by atoms with E-state index in [1.54, 1.807) is 26.2 Å². The number of benzene rings is 2. The van der Waals surface area contributed by atoms with Crippen molar-refractivity contribution in [2.75, 3.05) is 30.8 Å². The number of nitrogens with zero attached hydrogens (tertiary/aromatic N) is 2. The maximum atomic E-state index is 13.9. The number of methoxy groups -OCH3 is 1. The third-order valence-electron chi connectivity index (χ3n) is 9.99. The van der Waals surface area contributed by atoms with Crippen molar-refractivity contribution < 1.29 is 22.7 Å². The first-order valence-electron chi connectivity index (χ1n) is 15.8. The lowest BCUT2D eigenvalue weighted by Gasteiger charge is -2.57. The highest BCUT2D eigenvalue weighted by molar-refractivity contribution is 7.92. The van der Waals surface area contributed by atoms with Crippen LogP contribution in [0.25, 0.3) is 0 Å². The molecule has 0 radical (unpaired) electrons. The van der Waals surface area contributed by atoms with Crippen molar-refractivity contribution in [1.29, 1.82) is 0 Å². The van der Waals surface area contributed by atoms with Crippen LogP contribution in [0, 0.1) is 17.8 Å². The Labute approximate surface area is 257 Å². The fourth-order valence-electron chi connectivity index (χ4n) is 8.11. The predicted octanol–water partition coefficient (Wildman–Crippen LogP) is 5.26. The van der Waals surface area contributed by atoms with E-state index >= 15 is 0 Å². The molecular weight excluding hydrogens is 562 g/mol. The molecule has 4 fully saturated rings. The van der Waals surface area contributed by atoms with E-state index in [2.05, 4.69) is 17.4 Å². The van der Waals surface area contributed by atoms with Crippen molar-refractivity contribution >= 4 is 27.5 Å². The van der Waals surface area contributed by atoms with Crippen molar-refractivity contribution in [1.82, 2.24) is 10.2 Å². The zero-order chi connectivity index (χ0) is 30.8. The van der Waals surface area contributed by atoms with Crippen LogP contribution in [0.4, 0.5) is 5.69 Å². The first-order chi connectivity index (χ1) is 20.5. The van der Waals surface area contributed by atoms with Crippen LogP contribution in [0.3, 0.4) is 0 Å². The van der Waals surface area contributed by atoms with Gasteiger partial charge >= 0.3 is 0 Å². The molecule has 4 saturated carbocycles. The van der Waals surface area contributed by atoms with Gasteiger partial charge in [-0.2, -0.15) is 0 Å². The largest absolute Gasteiger partial charge is 0.497 e. The molecule has 4 aliphatic carbocycles. The molecule has 2 amide bonds. The van der Waals surface area contributed by atoms with Crippen LogP contribution in [0.2, 0.25) is 0 Å². The van der Waals surface area contributed by atoms with E-state index < -0.39 is 28.5 Å². The zero-order valence-corrected chi connectivity index (χ0v) is 26.9. The first-order valence-corrected chi connectivity index (χ1v) is 17.6. The second-order valence-electron chi connectivity index (χ2n) is 13.2. The first kappa shape index (κ1) is 31.4. The summed E-state index contributed by atoms with van der Waals surface area (Å²) < 4.78 is 32.6. The second-order valence-corrected chi connectivity index (χ2v) is 15.1. The van der Waals surface area contributed by atoms with E-state index in [-0.39, 0.29) is 17.9 Å². The molecule has 0 aromatic heterocycles. The Morgan fingerprint density at radius 1 is 0.977 bits per heavy atom. The van der Waals surface area contributed by atoms with Gasteiger partial charge in [0.25, 0.3) is 0 Å². The molecule has 0 saturated heterocycles. The lowest BCUT2D eigenvalue weighted by Crippen LogP contribution is -2.51. The third-order valence-corrected chi connectivity index (χ3v) is 11.1. The summed E-state index contributed by atoms with van der Waals surface area (Å²) >= 11 is 0. The van der Waals surface area contributed by atoms with Gasteiger partial charge in [-0.05, 0) is 110 Å². The molecule has 43 heavy (non-hydrogen) atoms.